The Morgan fingerprint density at radius 2 is 1.68 bits per heavy atom. The van der Waals surface area contributed by atoms with E-state index in [4.69, 9.17) is 0 Å². The van der Waals surface area contributed by atoms with Gasteiger partial charge in [0, 0.05) is 43.3 Å². The lowest BCUT2D eigenvalue weighted by atomic mass is 10.1. The number of hydrogen-bond acceptors (Lipinski definition) is 4. The van der Waals surface area contributed by atoms with Gasteiger partial charge in [-0.1, -0.05) is 37.0 Å². The van der Waals surface area contributed by atoms with E-state index < -0.39 is 8.07 Å². The summed E-state index contributed by atoms with van der Waals surface area (Å²) in [7, 11) is -1.33. The third kappa shape index (κ3) is 4.35. The lowest BCUT2D eigenvalue weighted by Gasteiger charge is -2.44. The molecule has 1 aliphatic heterocycles. The number of anilines is 2. The van der Waals surface area contributed by atoms with Crippen LogP contribution in [0, 0.1) is 6.92 Å². The number of aryl methyl sites for hydroxylation is 1. The number of benzene rings is 1. The van der Waals surface area contributed by atoms with Gasteiger partial charge in [0.2, 0.25) is 0 Å². The van der Waals surface area contributed by atoms with Gasteiger partial charge >= 0.3 is 6.03 Å². The van der Waals surface area contributed by atoms with Gasteiger partial charge in [0.1, 0.15) is 5.82 Å². The van der Waals surface area contributed by atoms with Crippen LogP contribution in [-0.4, -0.2) is 54.1 Å². The Morgan fingerprint density at radius 3 is 2.29 bits per heavy atom. The molecule has 0 bridgehead atoms. The average molecular weight is 398 g/mol. The smallest absolute Gasteiger partial charge is 0.322 e. The van der Waals surface area contributed by atoms with Gasteiger partial charge in [-0.15, -0.1) is 0 Å². The highest BCUT2D eigenvalue weighted by Crippen LogP contribution is 2.24. The second kappa shape index (κ2) is 7.91. The van der Waals surface area contributed by atoms with Crippen molar-refractivity contribution in [1.29, 1.82) is 0 Å². The van der Waals surface area contributed by atoms with E-state index in [-0.39, 0.29) is 18.1 Å². The zero-order valence-electron chi connectivity index (χ0n) is 17.7. The summed E-state index contributed by atoms with van der Waals surface area (Å²) in [5.41, 5.74) is 1.76. The molecule has 0 radical (unpaired) electrons. The number of carbonyl (C=O) groups excluding carboxylic acids is 1. The lowest BCUT2D eigenvalue weighted by molar-refractivity contribution is 0.173. The van der Waals surface area contributed by atoms with Crippen molar-refractivity contribution in [2.24, 2.45) is 0 Å². The van der Waals surface area contributed by atoms with Crippen molar-refractivity contribution in [2.75, 3.05) is 23.3 Å². The predicted octanol–water partition coefficient (Wildman–Crippen LogP) is 3.46. The minimum absolute atomic E-state index is 0.0457. The van der Waals surface area contributed by atoms with Crippen molar-refractivity contribution in [3.05, 3.63) is 42.4 Å². The molecule has 1 fully saturated rings. The molecule has 0 aliphatic carbocycles. The van der Waals surface area contributed by atoms with Gasteiger partial charge in [-0.3, -0.25) is 4.98 Å². The normalized spacial score (nSPS) is 20.2. The Morgan fingerprint density at radius 1 is 1.04 bits per heavy atom. The van der Waals surface area contributed by atoms with Crippen LogP contribution >= 0.6 is 0 Å². The zero-order valence-corrected chi connectivity index (χ0v) is 18.7. The summed E-state index contributed by atoms with van der Waals surface area (Å²) in [5, 5.41) is 4.45. The van der Waals surface area contributed by atoms with Crippen LogP contribution in [0.5, 0.6) is 0 Å². The molecule has 1 saturated heterocycles. The number of nitrogens with one attached hydrogen (secondary N) is 1. The first-order chi connectivity index (χ1) is 13.2. The third-order valence-corrected chi connectivity index (χ3v) is 7.44. The quantitative estimate of drug-likeness (QED) is 0.806. The maximum Gasteiger partial charge on any atom is 0.322 e. The molecule has 1 aromatic heterocycles. The van der Waals surface area contributed by atoms with Crippen LogP contribution in [0.25, 0.3) is 0 Å². The number of piperazine rings is 1. The van der Waals surface area contributed by atoms with E-state index in [1.165, 1.54) is 5.19 Å². The lowest BCUT2D eigenvalue weighted by Crippen LogP contribution is -2.59. The highest BCUT2D eigenvalue weighted by molar-refractivity contribution is 6.88. The molecule has 7 heteroatoms. The van der Waals surface area contributed by atoms with Crippen molar-refractivity contribution >= 4 is 30.8 Å². The first-order valence-electron chi connectivity index (χ1n) is 9.89. The molecule has 1 aromatic carbocycles. The van der Waals surface area contributed by atoms with Gasteiger partial charge < -0.3 is 15.1 Å². The number of urea groups is 1. The van der Waals surface area contributed by atoms with E-state index in [2.05, 4.69) is 65.8 Å². The fourth-order valence-corrected chi connectivity index (χ4v) is 4.80. The third-order valence-electron chi connectivity index (χ3n) is 5.38. The minimum atomic E-state index is -1.33. The summed E-state index contributed by atoms with van der Waals surface area (Å²) in [6.45, 7) is 14.5. The highest BCUT2D eigenvalue weighted by Gasteiger charge is 2.33. The van der Waals surface area contributed by atoms with Crippen LogP contribution in [0.3, 0.4) is 0 Å². The Kier molecular flexibility index (Phi) is 5.74. The highest BCUT2D eigenvalue weighted by atomic mass is 28.3. The second-order valence-corrected chi connectivity index (χ2v) is 13.8. The topological polar surface area (TPSA) is 61.4 Å². The van der Waals surface area contributed by atoms with Crippen LogP contribution in [0.1, 0.15) is 19.5 Å². The van der Waals surface area contributed by atoms with Crippen molar-refractivity contribution < 1.29 is 4.79 Å². The van der Waals surface area contributed by atoms with Gasteiger partial charge in [-0.2, -0.15) is 0 Å². The van der Waals surface area contributed by atoms with Crippen LogP contribution < -0.4 is 15.4 Å². The summed E-state index contributed by atoms with van der Waals surface area (Å²) in [5.74, 6) is 0.906. The number of hydrogen-bond donors (Lipinski definition) is 1. The molecular formula is C21H31N5OSi. The summed E-state index contributed by atoms with van der Waals surface area (Å²) in [4.78, 5) is 25.9. The molecule has 0 saturated carbocycles. The molecule has 150 valence electrons. The maximum absolute atomic E-state index is 12.9. The van der Waals surface area contributed by atoms with E-state index in [0.29, 0.717) is 6.54 Å². The first-order valence-corrected chi connectivity index (χ1v) is 13.4. The van der Waals surface area contributed by atoms with Gasteiger partial charge in [0.25, 0.3) is 0 Å². The Balaban J connectivity index is 1.68. The standard InChI is InChI=1S/C21H31N5OSi/c1-15-14-26(16(2)13-25(15)20-17(3)22-11-12-23-20)21(27)24-18-7-9-19(10-8-18)28(4,5)6/h7-12,15-16H,13-14H2,1-6H3,(H,24,27). The molecule has 1 aliphatic rings. The van der Waals surface area contributed by atoms with Crippen LogP contribution in [-0.2, 0) is 0 Å². The summed E-state index contributed by atoms with van der Waals surface area (Å²) in [6, 6.07) is 8.52. The number of rotatable bonds is 3. The molecule has 1 N–H and O–H groups in total. The Hall–Kier alpha value is -2.41. The summed E-state index contributed by atoms with van der Waals surface area (Å²) in [6.07, 6.45) is 3.44. The molecule has 3 rings (SSSR count). The number of carbonyl (C=O) groups is 1. The second-order valence-electron chi connectivity index (χ2n) is 8.73. The molecule has 2 aromatic rings. The van der Waals surface area contributed by atoms with Gasteiger partial charge in [-0.05, 0) is 32.9 Å². The van der Waals surface area contributed by atoms with Gasteiger partial charge in [0.05, 0.1) is 13.8 Å². The summed E-state index contributed by atoms with van der Waals surface area (Å²) < 4.78 is 0. The maximum atomic E-state index is 12.9. The van der Waals surface area contributed by atoms with Crippen LogP contribution in [0.2, 0.25) is 19.6 Å². The molecule has 28 heavy (non-hydrogen) atoms. The van der Waals surface area contributed by atoms with Crippen molar-refractivity contribution in [2.45, 2.75) is 52.5 Å². The number of nitrogens with zero attached hydrogens (tertiary/aromatic N) is 4. The van der Waals surface area contributed by atoms with E-state index in [0.717, 1.165) is 23.7 Å². The monoisotopic (exact) mass is 397 g/mol. The Bertz CT molecular complexity index is 833. The fraction of sp³-hybridized carbons (Fsp3) is 0.476. The van der Waals surface area contributed by atoms with E-state index >= 15 is 0 Å². The average Bonchev–Trinajstić information content (AvgIpc) is 2.63. The predicted molar refractivity (Wildman–Crippen MR) is 118 cm³/mol. The molecule has 2 unspecified atom stereocenters. The first kappa shape index (κ1) is 20.3. The van der Waals surface area contributed by atoms with Gasteiger partial charge in [0.15, 0.2) is 0 Å². The number of amides is 2. The zero-order chi connectivity index (χ0) is 20.5. The molecular weight excluding hydrogens is 366 g/mol. The van der Waals surface area contributed by atoms with E-state index in [9.17, 15) is 4.79 Å². The van der Waals surface area contributed by atoms with E-state index in [1.807, 2.05) is 24.0 Å². The fourth-order valence-electron chi connectivity index (χ4n) is 3.64. The molecule has 2 amide bonds. The SMILES string of the molecule is Cc1nccnc1N1CC(C)N(C(=O)Nc2ccc([Si](C)(C)C)cc2)CC1C. The Labute approximate surface area is 169 Å². The largest absolute Gasteiger partial charge is 0.349 e. The van der Waals surface area contributed by atoms with E-state index in [1.54, 1.807) is 12.4 Å². The molecule has 2 heterocycles. The van der Waals surface area contributed by atoms with Crippen molar-refractivity contribution in [1.82, 2.24) is 14.9 Å². The van der Waals surface area contributed by atoms with Crippen LogP contribution in [0.15, 0.2) is 36.7 Å². The minimum Gasteiger partial charge on any atom is -0.349 e. The molecule has 2 atom stereocenters. The van der Waals surface area contributed by atoms with Gasteiger partial charge in [-0.25, -0.2) is 9.78 Å². The number of aromatic nitrogens is 2. The molecule has 6 nitrogen and oxygen atoms in total. The van der Waals surface area contributed by atoms with Crippen molar-refractivity contribution in [3.8, 4) is 0 Å². The molecule has 0 spiro atoms. The van der Waals surface area contributed by atoms with Crippen molar-refractivity contribution in [3.63, 3.8) is 0 Å². The van der Waals surface area contributed by atoms with Crippen LogP contribution in [0.4, 0.5) is 16.3 Å². The summed E-state index contributed by atoms with van der Waals surface area (Å²) >= 11 is 0.